The molecule has 2 rings (SSSR count). The van der Waals surface area contributed by atoms with Gasteiger partial charge in [-0.1, -0.05) is 32.3 Å². The van der Waals surface area contributed by atoms with E-state index in [1.807, 2.05) is 0 Å². The van der Waals surface area contributed by atoms with Crippen LogP contribution in [0.2, 0.25) is 0 Å². The van der Waals surface area contributed by atoms with Gasteiger partial charge in [-0.15, -0.1) is 6.58 Å². The first-order valence-electron chi connectivity index (χ1n) is 6.92. The number of hydrogen-bond donors (Lipinski definition) is 0. The van der Waals surface area contributed by atoms with E-state index in [4.69, 9.17) is 0 Å². The van der Waals surface area contributed by atoms with Crippen molar-refractivity contribution in [2.24, 2.45) is 23.7 Å². The van der Waals surface area contributed by atoms with E-state index in [0.717, 1.165) is 23.7 Å². The highest BCUT2D eigenvalue weighted by atomic mass is 14.4. The van der Waals surface area contributed by atoms with Gasteiger partial charge in [0.1, 0.15) is 0 Å². The van der Waals surface area contributed by atoms with E-state index >= 15 is 0 Å². The Hall–Kier alpha value is -0.260. The van der Waals surface area contributed by atoms with Crippen molar-refractivity contribution in [3.05, 3.63) is 12.7 Å². The summed E-state index contributed by atoms with van der Waals surface area (Å²) in [5.41, 5.74) is 0. The summed E-state index contributed by atoms with van der Waals surface area (Å²) in [6.45, 7) is 6.46. The van der Waals surface area contributed by atoms with Crippen LogP contribution in [0.25, 0.3) is 0 Å². The second-order valence-corrected chi connectivity index (χ2v) is 5.98. The Morgan fingerprint density at radius 3 is 2.40 bits per heavy atom. The molecule has 2 fully saturated rings. The molecule has 0 aliphatic heterocycles. The maximum absolute atomic E-state index is 4.07. The lowest BCUT2D eigenvalue weighted by Gasteiger charge is -2.37. The molecule has 2 saturated carbocycles. The summed E-state index contributed by atoms with van der Waals surface area (Å²) in [5, 5.41) is 0. The summed E-state index contributed by atoms with van der Waals surface area (Å²) in [5.74, 6) is 3.85. The molecular weight excluding hydrogens is 180 g/mol. The van der Waals surface area contributed by atoms with Crippen molar-refractivity contribution in [2.45, 2.75) is 58.3 Å². The van der Waals surface area contributed by atoms with Crippen molar-refractivity contribution < 1.29 is 0 Å². The van der Waals surface area contributed by atoms with Gasteiger partial charge in [-0.2, -0.15) is 0 Å². The van der Waals surface area contributed by atoms with E-state index < -0.39 is 0 Å². The molecule has 0 amide bonds. The quantitative estimate of drug-likeness (QED) is 0.579. The van der Waals surface area contributed by atoms with E-state index in [9.17, 15) is 0 Å². The van der Waals surface area contributed by atoms with Gasteiger partial charge in [0.2, 0.25) is 0 Å². The van der Waals surface area contributed by atoms with E-state index in [0.29, 0.717) is 0 Å². The highest BCUT2D eigenvalue weighted by Gasteiger charge is 2.30. The third-order valence-corrected chi connectivity index (χ3v) is 4.63. The molecule has 1 atom stereocenters. The molecule has 1 unspecified atom stereocenters. The predicted octanol–water partition coefficient (Wildman–Crippen LogP) is 4.81. The average molecular weight is 206 g/mol. The summed E-state index contributed by atoms with van der Waals surface area (Å²) >= 11 is 0. The van der Waals surface area contributed by atoms with Gasteiger partial charge in [0.25, 0.3) is 0 Å². The maximum Gasteiger partial charge on any atom is -0.0205 e. The largest absolute Gasteiger partial charge is 0.103 e. The van der Waals surface area contributed by atoms with Crippen LogP contribution in [0.4, 0.5) is 0 Å². The molecule has 0 bridgehead atoms. The fourth-order valence-electron chi connectivity index (χ4n) is 3.69. The topological polar surface area (TPSA) is 0 Å². The molecule has 0 nitrogen and oxygen atoms in total. The Morgan fingerprint density at radius 2 is 1.87 bits per heavy atom. The zero-order chi connectivity index (χ0) is 10.7. The lowest BCUT2D eigenvalue weighted by atomic mass is 9.68. The molecule has 0 saturated heterocycles. The minimum Gasteiger partial charge on any atom is -0.103 e. The Morgan fingerprint density at radius 1 is 1.20 bits per heavy atom. The summed E-state index contributed by atoms with van der Waals surface area (Å²) in [7, 11) is 0. The second-order valence-electron chi connectivity index (χ2n) is 5.98. The van der Waals surface area contributed by atoms with E-state index in [1.54, 1.807) is 0 Å². The second kappa shape index (κ2) is 5.18. The van der Waals surface area contributed by atoms with Crippen LogP contribution in [-0.2, 0) is 0 Å². The van der Waals surface area contributed by atoms with Crippen molar-refractivity contribution in [3.63, 3.8) is 0 Å². The molecule has 2 aliphatic carbocycles. The molecule has 86 valence electrons. The van der Waals surface area contributed by atoms with Gasteiger partial charge in [0.15, 0.2) is 0 Å². The van der Waals surface area contributed by atoms with Crippen LogP contribution in [-0.4, -0.2) is 0 Å². The molecule has 2 aliphatic rings. The van der Waals surface area contributed by atoms with Crippen LogP contribution in [0.1, 0.15) is 58.3 Å². The summed E-state index contributed by atoms with van der Waals surface area (Å²) in [6.07, 6.45) is 14.0. The van der Waals surface area contributed by atoms with Gasteiger partial charge >= 0.3 is 0 Å². The van der Waals surface area contributed by atoms with Crippen LogP contribution in [0.15, 0.2) is 12.7 Å². The minimum absolute atomic E-state index is 0.836. The highest BCUT2D eigenvalue weighted by Crippen LogP contribution is 2.41. The average Bonchev–Trinajstić information content (AvgIpc) is 2.24. The van der Waals surface area contributed by atoms with E-state index in [1.165, 1.54) is 51.4 Å². The fraction of sp³-hybridized carbons (Fsp3) is 0.867. The lowest BCUT2D eigenvalue weighted by Crippen LogP contribution is -2.26. The molecule has 0 spiro atoms. The van der Waals surface area contributed by atoms with Gasteiger partial charge < -0.3 is 0 Å². The van der Waals surface area contributed by atoms with Crippen LogP contribution >= 0.6 is 0 Å². The molecule has 15 heavy (non-hydrogen) atoms. The Kier molecular flexibility index (Phi) is 3.88. The van der Waals surface area contributed by atoms with Crippen molar-refractivity contribution in [1.29, 1.82) is 0 Å². The molecule has 0 radical (unpaired) electrons. The predicted molar refractivity (Wildman–Crippen MR) is 66.8 cm³/mol. The first-order chi connectivity index (χ1) is 7.29. The van der Waals surface area contributed by atoms with Gasteiger partial charge in [-0.25, -0.2) is 0 Å². The zero-order valence-electron chi connectivity index (χ0n) is 10.3. The molecule has 0 aromatic heterocycles. The summed E-state index contributed by atoms with van der Waals surface area (Å²) in [4.78, 5) is 0. The number of hydrogen-bond acceptors (Lipinski definition) is 0. The normalized spacial score (nSPS) is 34.5. The van der Waals surface area contributed by atoms with Crippen LogP contribution in [0.3, 0.4) is 0 Å². The summed E-state index contributed by atoms with van der Waals surface area (Å²) in [6, 6.07) is 0. The fourth-order valence-corrected chi connectivity index (χ4v) is 3.69. The molecule has 0 N–H and O–H groups in total. The van der Waals surface area contributed by atoms with Crippen molar-refractivity contribution in [3.8, 4) is 0 Å². The third kappa shape index (κ3) is 2.86. The SMILES string of the molecule is C=CC(CC1CC(C)C1)C1CCCCC1. The lowest BCUT2D eigenvalue weighted by molar-refractivity contribution is 0.153. The molecule has 0 aromatic rings. The van der Waals surface area contributed by atoms with Crippen LogP contribution < -0.4 is 0 Å². The third-order valence-electron chi connectivity index (χ3n) is 4.63. The molecule has 0 heterocycles. The van der Waals surface area contributed by atoms with E-state index in [-0.39, 0.29) is 0 Å². The zero-order valence-corrected chi connectivity index (χ0v) is 10.3. The summed E-state index contributed by atoms with van der Waals surface area (Å²) < 4.78 is 0. The first-order valence-corrected chi connectivity index (χ1v) is 6.92. The molecule has 0 heteroatoms. The molecule has 0 aromatic carbocycles. The van der Waals surface area contributed by atoms with Gasteiger partial charge in [-0.3, -0.25) is 0 Å². The highest BCUT2D eigenvalue weighted by molar-refractivity contribution is 4.90. The van der Waals surface area contributed by atoms with Gasteiger partial charge in [0.05, 0.1) is 0 Å². The smallest absolute Gasteiger partial charge is 0.0205 e. The number of rotatable bonds is 4. The Labute approximate surface area is 95.1 Å². The van der Waals surface area contributed by atoms with Crippen molar-refractivity contribution >= 4 is 0 Å². The van der Waals surface area contributed by atoms with E-state index in [2.05, 4.69) is 19.6 Å². The molecular formula is C15H26. The van der Waals surface area contributed by atoms with Crippen molar-refractivity contribution in [1.82, 2.24) is 0 Å². The Balaban J connectivity index is 1.78. The van der Waals surface area contributed by atoms with Gasteiger partial charge in [0, 0.05) is 0 Å². The first kappa shape index (κ1) is 11.2. The number of allylic oxidation sites excluding steroid dienone is 1. The van der Waals surface area contributed by atoms with Gasteiger partial charge in [-0.05, 0) is 55.8 Å². The monoisotopic (exact) mass is 206 g/mol. The minimum atomic E-state index is 0.836. The Bertz CT molecular complexity index is 194. The van der Waals surface area contributed by atoms with Crippen molar-refractivity contribution in [2.75, 3.05) is 0 Å². The van der Waals surface area contributed by atoms with Crippen LogP contribution in [0.5, 0.6) is 0 Å². The maximum atomic E-state index is 4.07. The standard InChI is InChI=1S/C15H26/c1-3-14(11-13-9-12(2)10-13)15-7-5-4-6-8-15/h3,12-15H,1,4-11H2,2H3. The van der Waals surface area contributed by atoms with Crippen LogP contribution in [0, 0.1) is 23.7 Å².